The Kier molecular flexibility index (Phi) is 4.02. The molecular weight excluding hydrogens is 350 g/mol. The van der Waals surface area contributed by atoms with Gasteiger partial charge < -0.3 is 10.3 Å². The minimum atomic E-state index is 0.660. The molecule has 2 N–H and O–H groups in total. The predicted octanol–water partition coefficient (Wildman–Crippen LogP) is 3.82. The maximum Gasteiger partial charge on any atom is 0.140 e. The zero-order valence-electron chi connectivity index (χ0n) is 14.9. The maximum atomic E-state index is 4.70. The first-order valence-corrected chi connectivity index (χ1v) is 8.93. The number of aromatic nitrogens is 6. The fourth-order valence-electron chi connectivity index (χ4n) is 3.23. The molecule has 28 heavy (non-hydrogen) atoms. The Morgan fingerprint density at radius 3 is 2.79 bits per heavy atom. The third kappa shape index (κ3) is 3.09. The lowest BCUT2D eigenvalue weighted by atomic mass is 10.0. The minimum absolute atomic E-state index is 0.660. The number of pyridine rings is 2. The second-order valence-electron chi connectivity index (χ2n) is 6.43. The van der Waals surface area contributed by atoms with Crippen LogP contribution in [0, 0.1) is 0 Å². The summed E-state index contributed by atoms with van der Waals surface area (Å²) >= 11 is 0. The average molecular weight is 367 g/mol. The van der Waals surface area contributed by atoms with Crippen molar-refractivity contribution >= 4 is 16.9 Å². The van der Waals surface area contributed by atoms with E-state index in [9.17, 15) is 0 Å². The number of rotatable bonds is 5. The lowest BCUT2D eigenvalue weighted by Gasteiger charge is -2.11. The standard InChI is InChI=1S/C21H17N7/c1-4-16(9-17(5-1)28-13-25-26-14-28)19-10-20(27-21-18(19)6-8-23-21)24-12-15-3-2-7-22-11-15/h1-11,13-14H,12H2,(H2,23,24,27). The first kappa shape index (κ1) is 16.2. The largest absolute Gasteiger partial charge is 0.366 e. The molecule has 5 rings (SSSR count). The first-order valence-electron chi connectivity index (χ1n) is 8.93. The Morgan fingerprint density at radius 2 is 1.93 bits per heavy atom. The van der Waals surface area contributed by atoms with Crippen LogP contribution in [0.1, 0.15) is 5.56 Å². The maximum absolute atomic E-state index is 4.70. The van der Waals surface area contributed by atoms with E-state index in [1.54, 1.807) is 18.9 Å². The molecule has 0 bridgehead atoms. The zero-order valence-corrected chi connectivity index (χ0v) is 14.9. The summed E-state index contributed by atoms with van der Waals surface area (Å²) < 4.78 is 1.89. The van der Waals surface area contributed by atoms with E-state index in [1.165, 1.54) is 0 Å². The minimum Gasteiger partial charge on any atom is -0.366 e. The van der Waals surface area contributed by atoms with E-state index in [-0.39, 0.29) is 0 Å². The van der Waals surface area contributed by atoms with Crippen LogP contribution in [-0.2, 0) is 6.54 Å². The molecule has 0 radical (unpaired) electrons. The van der Waals surface area contributed by atoms with Gasteiger partial charge in [0.2, 0.25) is 0 Å². The fourth-order valence-corrected chi connectivity index (χ4v) is 3.23. The summed E-state index contributed by atoms with van der Waals surface area (Å²) in [4.78, 5) is 12.1. The van der Waals surface area contributed by atoms with E-state index < -0.39 is 0 Å². The van der Waals surface area contributed by atoms with E-state index in [2.05, 4.69) is 43.7 Å². The highest BCUT2D eigenvalue weighted by atomic mass is 15.2. The van der Waals surface area contributed by atoms with Gasteiger partial charge in [0.05, 0.1) is 0 Å². The van der Waals surface area contributed by atoms with Crippen LogP contribution >= 0.6 is 0 Å². The van der Waals surface area contributed by atoms with Gasteiger partial charge in [0.25, 0.3) is 0 Å². The van der Waals surface area contributed by atoms with Crippen LogP contribution < -0.4 is 5.32 Å². The van der Waals surface area contributed by atoms with E-state index in [4.69, 9.17) is 4.98 Å². The van der Waals surface area contributed by atoms with Crippen LogP contribution in [0.15, 0.2) is 79.8 Å². The number of fused-ring (bicyclic) bond motifs is 1. The Bertz CT molecular complexity index is 1210. The van der Waals surface area contributed by atoms with E-state index in [0.29, 0.717) is 6.54 Å². The van der Waals surface area contributed by atoms with Crippen LogP contribution in [0.2, 0.25) is 0 Å². The molecule has 0 saturated carbocycles. The molecule has 0 aliphatic heterocycles. The van der Waals surface area contributed by atoms with Crippen LogP contribution in [0.5, 0.6) is 0 Å². The molecule has 0 fully saturated rings. The monoisotopic (exact) mass is 367 g/mol. The number of H-pyrrole nitrogens is 1. The molecule has 0 saturated heterocycles. The second kappa shape index (κ2) is 6.96. The van der Waals surface area contributed by atoms with Crippen molar-refractivity contribution in [1.82, 2.24) is 29.7 Å². The Morgan fingerprint density at radius 1 is 1.00 bits per heavy atom. The van der Waals surface area contributed by atoms with E-state index in [1.807, 2.05) is 47.3 Å². The van der Waals surface area contributed by atoms with Gasteiger partial charge in [-0.05, 0) is 47.0 Å². The number of nitrogens with one attached hydrogen (secondary N) is 2. The van der Waals surface area contributed by atoms with Crippen molar-refractivity contribution in [1.29, 1.82) is 0 Å². The summed E-state index contributed by atoms with van der Waals surface area (Å²) in [6.07, 6.45) is 8.92. The third-order valence-electron chi connectivity index (χ3n) is 4.60. The summed E-state index contributed by atoms with van der Waals surface area (Å²) in [5.41, 5.74) is 5.17. The molecule has 0 unspecified atom stereocenters. The van der Waals surface area contributed by atoms with Gasteiger partial charge in [0.1, 0.15) is 24.1 Å². The molecule has 1 aromatic carbocycles. The van der Waals surface area contributed by atoms with Gasteiger partial charge in [-0.3, -0.25) is 9.55 Å². The number of benzene rings is 1. The van der Waals surface area contributed by atoms with Gasteiger partial charge in [0, 0.05) is 36.2 Å². The van der Waals surface area contributed by atoms with Crippen LogP contribution in [0.3, 0.4) is 0 Å². The molecule has 0 spiro atoms. The van der Waals surface area contributed by atoms with Crippen molar-refractivity contribution in [2.45, 2.75) is 6.54 Å². The van der Waals surface area contributed by atoms with Crippen molar-refractivity contribution in [3.63, 3.8) is 0 Å². The Balaban J connectivity index is 1.54. The quantitative estimate of drug-likeness (QED) is 0.493. The average Bonchev–Trinajstić information content (AvgIpc) is 3.44. The zero-order chi connectivity index (χ0) is 18.8. The van der Waals surface area contributed by atoms with Crippen molar-refractivity contribution in [2.75, 3.05) is 5.32 Å². The highest BCUT2D eigenvalue weighted by Crippen LogP contribution is 2.31. The molecule has 4 aromatic heterocycles. The molecule has 4 heterocycles. The summed E-state index contributed by atoms with van der Waals surface area (Å²) in [7, 11) is 0. The number of hydrogen-bond donors (Lipinski definition) is 2. The summed E-state index contributed by atoms with van der Waals surface area (Å²) in [5.74, 6) is 0.809. The highest BCUT2D eigenvalue weighted by Gasteiger charge is 2.10. The summed E-state index contributed by atoms with van der Waals surface area (Å²) in [6.45, 7) is 0.660. The molecule has 7 nitrogen and oxygen atoms in total. The Hall–Kier alpha value is -4.00. The first-order chi connectivity index (χ1) is 13.9. The van der Waals surface area contributed by atoms with Crippen LogP contribution in [-0.4, -0.2) is 29.7 Å². The van der Waals surface area contributed by atoms with Gasteiger partial charge in [-0.25, -0.2) is 4.98 Å². The lowest BCUT2D eigenvalue weighted by molar-refractivity contribution is 1.06. The van der Waals surface area contributed by atoms with Crippen molar-refractivity contribution in [2.24, 2.45) is 0 Å². The number of hydrogen-bond acceptors (Lipinski definition) is 5. The molecule has 0 atom stereocenters. The number of nitrogens with zero attached hydrogens (tertiary/aromatic N) is 5. The summed E-state index contributed by atoms with van der Waals surface area (Å²) in [6, 6.07) is 16.4. The van der Waals surface area contributed by atoms with Crippen LogP contribution in [0.4, 0.5) is 5.82 Å². The predicted molar refractivity (Wildman–Crippen MR) is 108 cm³/mol. The molecule has 7 heteroatoms. The van der Waals surface area contributed by atoms with Crippen molar-refractivity contribution in [3.8, 4) is 16.8 Å². The van der Waals surface area contributed by atoms with E-state index in [0.717, 1.165) is 39.2 Å². The highest BCUT2D eigenvalue weighted by molar-refractivity contribution is 5.95. The van der Waals surface area contributed by atoms with Crippen LogP contribution in [0.25, 0.3) is 27.8 Å². The molecule has 0 aliphatic rings. The van der Waals surface area contributed by atoms with Gasteiger partial charge in [-0.15, -0.1) is 10.2 Å². The molecule has 136 valence electrons. The molecular formula is C21H17N7. The topological polar surface area (TPSA) is 84.3 Å². The van der Waals surface area contributed by atoms with Gasteiger partial charge >= 0.3 is 0 Å². The Labute approximate surface area is 161 Å². The van der Waals surface area contributed by atoms with Gasteiger partial charge in [-0.1, -0.05) is 18.2 Å². The van der Waals surface area contributed by atoms with Gasteiger partial charge in [0.15, 0.2) is 0 Å². The SMILES string of the molecule is c1cncc(CNc2cc(-c3cccc(-n4cnnc4)c3)c3cc[nH]c3n2)c1. The third-order valence-corrected chi connectivity index (χ3v) is 4.60. The molecule has 0 amide bonds. The smallest absolute Gasteiger partial charge is 0.140 e. The molecule has 0 aliphatic carbocycles. The van der Waals surface area contributed by atoms with E-state index >= 15 is 0 Å². The lowest BCUT2D eigenvalue weighted by Crippen LogP contribution is -2.02. The number of anilines is 1. The van der Waals surface area contributed by atoms with Crippen molar-refractivity contribution in [3.05, 3.63) is 85.3 Å². The van der Waals surface area contributed by atoms with Crippen molar-refractivity contribution < 1.29 is 0 Å². The molecule has 5 aromatic rings. The second-order valence-corrected chi connectivity index (χ2v) is 6.43. The number of aromatic amines is 1. The fraction of sp³-hybridized carbons (Fsp3) is 0.0476. The normalized spacial score (nSPS) is 11.0. The van der Waals surface area contributed by atoms with Gasteiger partial charge in [-0.2, -0.15) is 0 Å². The summed E-state index contributed by atoms with van der Waals surface area (Å²) in [5, 5.41) is 12.3.